The van der Waals surface area contributed by atoms with Crippen LogP contribution >= 0.6 is 0 Å². The van der Waals surface area contributed by atoms with Gasteiger partial charge in [0.25, 0.3) is 0 Å². The van der Waals surface area contributed by atoms with Gasteiger partial charge in [0.05, 0.1) is 5.56 Å². The Morgan fingerprint density at radius 1 is 1.04 bits per heavy atom. The third-order valence-corrected chi connectivity index (χ3v) is 4.44. The van der Waals surface area contributed by atoms with Gasteiger partial charge in [0.1, 0.15) is 5.76 Å². The molecule has 0 bridgehead atoms. The summed E-state index contributed by atoms with van der Waals surface area (Å²) in [5, 5.41) is 0. The van der Waals surface area contributed by atoms with Gasteiger partial charge in [-0.1, -0.05) is 12.1 Å². The number of rotatable bonds is 4. The first-order chi connectivity index (χ1) is 11.4. The van der Waals surface area contributed by atoms with Gasteiger partial charge in [-0.3, -0.25) is 4.90 Å². The predicted octanol–water partition coefficient (Wildman–Crippen LogP) is 3.66. The average molecular weight is 389 g/mol. The van der Waals surface area contributed by atoms with Crippen LogP contribution in [0.4, 0.5) is 26.3 Å². The maximum atomic E-state index is 12.5. The number of nitrogens with zero attached hydrogens (tertiary/aromatic N) is 1. The molecule has 25 heavy (non-hydrogen) atoms. The van der Waals surface area contributed by atoms with E-state index in [1.54, 1.807) is 4.90 Å². The summed E-state index contributed by atoms with van der Waals surface area (Å²) in [6.07, 6.45) is -3.28. The third-order valence-electron chi connectivity index (χ3n) is 3.44. The van der Waals surface area contributed by atoms with Crippen LogP contribution in [0.1, 0.15) is 17.5 Å². The van der Waals surface area contributed by atoms with Crippen molar-refractivity contribution in [3.05, 3.63) is 47.2 Å². The molecule has 0 spiro atoms. The minimum absolute atomic E-state index is 0.0596. The highest BCUT2D eigenvalue weighted by atomic mass is 32.2. The quantitative estimate of drug-likeness (QED) is 0.448. The third kappa shape index (κ3) is 5.11. The van der Waals surface area contributed by atoms with Gasteiger partial charge < -0.3 is 4.18 Å². The maximum Gasteiger partial charge on any atom is 0.534 e. The molecular formula is C14H13F6NO3S. The van der Waals surface area contributed by atoms with Crippen molar-refractivity contribution < 1.29 is 38.9 Å². The van der Waals surface area contributed by atoms with Crippen LogP contribution in [0.15, 0.2) is 36.1 Å². The molecule has 0 N–H and O–H groups in total. The average Bonchev–Trinajstić information content (AvgIpc) is 2.47. The number of hydrogen-bond acceptors (Lipinski definition) is 4. The number of alkyl halides is 6. The van der Waals surface area contributed by atoms with E-state index in [0.717, 1.165) is 12.1 Å². The monoisotopic (exact) mass is 389 g/mol. The van der Waals surface area contributed by atoms with E-state index >= 15 is 0 Å². The molecule has 1 aromatic carbocycles. The second-order valence-corrected chi connectivity index (χ2v) is 6.87. The van der Waals surface area contributed by atoms with Crippen LogP contribution in [-0.4, -0.2) is 31.9 Å². The Balaban J connectivity index is 1.95. The Kier molecular flexibility index (Phi) is 5.38. The van der Waals surface area contributed by atoms with Gasteiger partial charge in [-0.15, -0.1) is 0 Å². The van der Waals surface area contributed by atoms with Gasteiger partial charge in [0, 0.05) is 26.1 Å². The summed E-state index contributed by atoms with van der Waals surface area (Å²) in [5.74, 6) is -0.305. The van der Waals surface area contributed by atoms with Crippen molar-refractivity contribution in [1.29, 1.82) is 0 Å². The maximum absolute atomic E-state index is 12.5. The van der Waals surface area contributed by atoms with E-state index in [9.17, 15) is 34.8 Å². The van der Waals surface area contributed by atoms with Crippen LogP contribution in [0.2, 0.25) is 0 Å². The minimum Gasteiger partial charge on any atom is -0.381 e. The smallest absolute Gasteiger partial charge is 0.381 e. The topological polar surface area (TPSA) is 46.6 Å². The largest absolute Gasteiger partial charge is 0.534 e. The normalized spacial score (nSPS) is 17.3. The Bertz CT molecular complexity index is 737. The van der Waals surface area contributed by atoms with Crippen molar-refractivity contribution in [3.63, 3.8) is 0 Å². The second kappa shape index (κ2) is 6.87. The molecule has 1 aromatic rings. The van der Waals surface area contributed by atoms with E-state index in [1.807, 2.05) is 0 Å². The van der Waals surface area contributed by atoms with E-state index in [0.29, 0.717) is 5.56 Å². The molecule has 4 nitrogen and oxygen atoms in total. The summed E-state index contributed by atoms with van der Waals surface area (Å²) >= 11 is 0. The first-order valence-electron chi connectivity index (χ1n) is 6.97. The first-order valence-corrected chi connectivity index (χ1v) is 8.37. The molecule has 0 saturated heterocycles. The SMILES string of the molecule is O=S(=O)(OC1=CCN(Cc2ccc(C(F)(F)F)cc2)CC1)C(F)(F)F. The fraction of sp³-hybridized carbons (Fsp3) is 0.429. The van der Waals surface area contributed by atoms with E-state index in [1.165, 1.54) is 18.2 Å². The summed E-state index contributed by atoms with van der Waals surface area (Å²) in [5.41, 5.74) is -5.68. The lowest BCUT2D eigenvalue weighted by Crippen LogP contribution is -2.31. The van der Waals surface area contributed by atoms with E-state index in [-0.39, 0.29) is 31.8 Å². The van der Waals surface area contributed by atoms with Gasteiger partial charge in [-0.2, -0.15) is 34.8 Å². The molecule has 0 atom stereocenters. The summed E-state index contributed by atoms with van der Waals surface area (Å²) in [4.78, 5) is 1.73. The minimum atomic E-state index is -5.69. The predicted molar refractivity (Wildman–Crippen MR) is 75.5 cm³/mol. The molecule has 140 valence electrons. The van der Waals surface area contributed by atoms with Crippen molar-refractivity contribution in [1.82, 2.24) is 4.90 Å². The highest BCUT2D eigenvalue weighted by Gasteiger charge is 2.48. The van der Waals surface area contributed by atoms with Crippen molar-refractivity contribution in [3.8, 4) is 0 Å². The second-order valence-electron chi connectivity index (χ2n) is 5.33. The van der Waals surface area contributed by atoms with Crippen molar-refractivity contribution in [2.45, 2.75) is 24.7 Å². The lowest BCUT2D eigenvalue weighted by Gasteiger charge is -2.26. The van der Waals surface area contributed by atoms with Crippen LogP contribution in [-0.2, 0) is 27.0 Å². The Morgan fingerprint density at radius 3 is 2.08 bits per heavy atom. The van der Waals surface area contributed by atoms with Gasteiger partial charge in [-0.25, -0.2) is 0 Å². The molecule has 11 heteroatoms. The van der Waals surface area contributed by atoms with Gasteiger partial charge in [-0.05, 0) is 23.8 Å². The fourth-order valence-corrected chi connectivity index (χ4v) is 2.69. The molecule has 0 radical (unpaired) electrons. The molecule has 1 heterocycles. The fourth-order valence-electron chi connectivity index (χ4n) is 2.16. The molecule has 0 aromatic heterocycles. The lowest BCUT2D eigenvalue weighted by atomic mass is 10.1. The molecule has 0 aliphatic carbocycles. The zero-order chi connectivity index (χ0) is 18.9. The van der Waals surface area contributed by atoms with Crippen LogP contribution in [0.5, 0.6) is 0 Å². The molecule has 1 aliphatic rings. The van der Waals surface area contributed by atoms with E-state index in [4.69, 9.17) is 0 Å². The van der Waals surface area contributed by atoms with E-state index < -0.39 is 27.4 Å². The highest BCUT2D eigenvalue weighted by molar-refractivity contribution is 7.87. The van der Waals surface area contributed by atoms with Gasteiger partial charge in [0.15, 0.2) is 0 Å². The number of halogens is 6. The van der Waals surface area contributed by atoms with Crippen molar-refractivity contribution >= 4 is 10.1 Å². The lowest BCUT2D eigenvalue weighted by molar-refractivity contribution is -0.137. The zero-order valence-corrected chi connectivity index (χ0v) is 13.4. The zero-order valence-electron chi connectivity index (χ0n) is 12.6. The van der Waals surface area contributed by atoms with Crippen LogP contribution in [0, 0.1) is 0 Å². The Labute approximate surface area is 139 Å². The van der Waals surface area contributed by atoms with Gasteiger partial charge in [0.2, 0.25) is 0 Å². The summed E-state index contributed by atoms with van der Waals surface area (Å²) < 4.78 is 100. The van der Waals surface area contributed by atoms with Gasteiger partial charge >= 0.3 is 21.8 Å². The van der Waals surface area contributed by atoms with Crippen molar-refractivity contribution in [2.24, 2.45) is 0 Å². The van der Waals surface area contributed by atoms with Crippen LogP contribution < -0.4 is 0 Å². The van der Waals surface area contributed by atoms with Crippen LogP contribution in [0.25, 0.3) is 0 Å². The van der Waals surface area contributed by atoms with E-state index in [2.05, 4.69) is 4.18 Å². The molecule has 0 saturated carbocycles. The highest BCUT2D eigenvalue weighted by Crippen LogP contribution is 2.30. The number of benzene rings is 1. The Hall–Kier alpha value is -1.75. The molecule has 0 unspecified atom stereocenters. The summed E-state index contributed by atoms with van der Waals surface area (Å²) in [7, 11) is -5.69. The molecule has 0 fully saturated rings. The molecule has 0 amide bonds. The summed E-state index contributed by atoms with van der Waals surface area (Å²) in [6.45, 7) is 0.595. The number of hydrogen-bond donors (Lipinski definition) is 0. The standard InChI is InChI=1S/C14H13F6NO3S/c15-13(16,17)11-3-1-10(2-4-11)9-21-7-5-12(6-8-21)24-25(22,23)14(18,19)20/h1-5H,6-9H2. The Morgan fingerprint density at radius 2 is 1.64 bits per heavy atom. The molecular weight excluding hydrogens is 376 g/mol. The van der Waals surface area contributed by atoms with Crippen molar-refractivity contribution in [2.75, 3.05) is 13.1 Å². The molecule has 1 aliphatic heterocycles. The first kappa shape index (κ1) is 19.6. The summed E-state index contributed by atoms with van der Waals surface area (Å²) in [6, 6.07) is 4.51. The van der Waals surface area contributed by atoms with Crippen LogP contribution in [0.3, 0.4) is 0 Å². The molecule has 2 rings (SSSR count).